The van der Waals surface area contributed by atoms with Crippen LogP contribution < -0.4 is 5.32 Å². The van der Waals surface area contributed by atoms with E-state index in [9.17, 15) is 19.8 Å². The van der Waals surface area contributed by atoms with E-state index in [1.54, 1.807) is 6.08 Å². The molecule has 6 nitrogen and oxygen atoms in total. The third-order valence-corrected chi connectivity index (χ3v) is 15.5. The lowest BCUT2D eigenvalue weighted by Crippen LogP contribution is -2.45. The molecule has 0 bridgehead atoms. The number of allylic oxidation sites excluding steroid dienone is 9. The maximum atomic E-state index is 12.5. The van der Waals surface area contributed by atoms with Crippen LogP contribution in [0.2, 0.25) is 0 Å². The number of hydrogen-bond donors (Lipinski definition) is 3. The number of rotatable bonds is 63. The Balaban J connectivity index is 3.44. The first kappa shape index (κ1) is 74.6. The van der Waals surface area contributed by atoms with Crippen molar-refractivity contribution < 1.29 is 24.5 Å². The first-order chi connectivity index (χ1) is 38.0. The average molecular weight is 1080 g/mol. The monoisotopic (exact) mass is 1080 g/mol. The highest BCUT2D eigenvalue weighted by Crippen LogP contribution is 2.17. The van der Waals surface area contributed by atoms with Crippen molar-refractivity contribution in [2.75, 3.05) is 13.2 Å². The van der Waals surface area contributed by atoms with Gasteiger partial charge >= 0.3 is 5.97 Å². The summed E-state index contributed by atoms with van der Waals surface area (Å²) in [6, 6.07) is -0.630. The Hall–Kier alpha value is -2.44. The Labute approximate surface area is 479 Å². The molecule has 0 aromatic heterocycles. The van der Waals surface area contributed by atoms with Crippen molar-refractivity contribution in [2.45, 2.75) is 366 Å². The molecule has 3 N–H and O–H groups in total. The van der Waals surface area contributed by atoms with Crippen LogP contribution in [-0.2, 0) is 14.3 Å². The summed E-state index contributed by atoms with van der Waals surface area (Å²) in [6.45, 7) is 4.87. The number of amides is 1. The van der Waals surface area contributed by atoms with E-state index in [1.165, 1.54) is 270 Å². The highest BCUT2D eigenvalue weighted by atomic mass is 16.5. The predicted octanol–water partition coefficient (Wildman–Crippen LogP) is 21.9. The van der Waals surface area contributed by atoms with Crippen LogP contribution >= 0.6 is 0 Å². The van der Waals surface area contributed by atoms with Gasteiger partial charge in [0.1, 0.15) is 0 Å². The zero-order valence-corrected chi connectivity index (χ0v) is 51.4. The molecule has 0 aromatic carbocycles. The maximum absolute atomic E-state index is 12.5. The maximum Gasteiger partial charge on any atom is 0.305 e. The summed E-state index contributed by atoms with van der Waals surface area (Å²) < 4.78 is 5.47. The van der Waals surface area contributed by atoms with Crippen molar-refractivity contribution in [1.82, 2.24) is 5.32 Å². The van der Waals surface area contributed by atoms with Gasteiger partial charge in [-0.25, -0.2) is 0 Å². The van der Waals surface area contributed by atoms with Crippen molar-refractivity contribution >= 4 is 11.9 Å². The molecule has 0 heterocycles. The Morgan fingerprint density at radius 3 is 1.03 bits per heavy atom. The van der Waals surface area contributed by atoms with E-state index in [4.69, 9.17) is 4.74 Å². The molecule has 0 radical (unpaired) electrons. The molecular weight excluding hydrogens is 947 g/mol. The lowest BCUT2D eigenvalue weighted by molar-refractivity contribution is -0.143. The Morgan fingerprint density at radius 1 is 0.364 bits per heavy atom. The Kier molecular flexibility index (Phi) is 64.0. The third kappa shape index (κ3) is 62.6. The van der Waals surface area contributed by atoms with E-state index in [-0.39, 0.29) is 18.5 Å². The van der Waals surface area contributed by atoms with Gasteiger partial charge in [0.05, 0.1) is 25.4 Å². The fourth-order valence-electron chi connectivity index (χ4n) is 10.3. The molecule has 0 aromatic rings. The summed E-state index contributed by atoms with van der Waals surface area (Å²) in [7, 11) is 0. The number of ether oxygens (including phenoxy) is 1. The van der Waals surface area contributed by atoms with Gasteiger partial charge in [0.2, 0.25) is 5.91 Å². The first-order valence-corrected chi connectivity index (χ1v) is 34.1. The van der Waals surface area contributed by atoms with Gasteiger partial charge in [-0.05, 0) is 89.9 Å². The number of aliphatic hydroxyl groups excluding tert-OH is 2. The molecule has 0 spiro atoms. The van der Waals surface area contributed by atoms with Crippen molar-refractivity contribution in [2.24, 2.45) is 0 Å². The van der Waals surface area contributed by atoms with E-state index in [0.29, 0.717) is 19.4 Å². The van der Waals surface area contributed by atoms with Gasteiger partial charge in [0, 0.05) is 12.8 Å². The molecule has 2 atom stereocenters. The van der Waals surface area contributed by atoms with Gasteiger partial charge in [-0.2, -0.15) is 0 Å². The second kappa shape index (κ2) is 66.1. The van der Waals surface area contributed by atoms with Crippen LogP contribution in [0.1, 0.15) is 354 Å². The van der Waals surface area contributed by atoms with Crippen LogP contribution in [0.5, 0.6) is 0 Å². The fraction of sp³-hybridized carbons (Fsp3) is 0.831. The van der Waals surface area contributed by atoms with Crippen LogP contribution in [0.3, 0.4) is 0 Å². The quantitative estimate of drug-likeness (QED) is 0.0320. The van der Waals surface area contributed by atoms with E-state index < -0.39 is 12.1 Å². The number of unbranched alkanes of at least 4 members (excludes halogenated alkanes) is 44. The smallest absolute Gasteiger partial charge is 0.305 e. The molecule has 77 heavy (non-hydrogen) atoms. The summed E-state index contributed by atoms with van der Waals surface area (Å²) in [6.07, 6.45) is 87.1. The van der Waals surface area contributed by atoms with Gasteiger partial charge in [-0.15, -0.1) is 0 Å². The Bertz CT molecular complexity index is 1340. The summed E-state index contributed by atoms with van der Waals surface area (Å²) in [5.41, 5.74) is 0. The van der Waals surface area contributed by atoms with Crippen molar-refractivity contribution in [3.8, 4) is 0 Å². The standard InChI is InChI=1S/C71H131NO5/c1-3-5-7-9-11-13-15-17-19-33-36-39-43-47-51-55-59-63-69(74)68(67-73)72-70(75)64-60-56-52-48-44-40-37-34-31-29-27-25-23-21-20-22-24-26-28-30-32-35-38-42-46-50-54-58-62-66-77-71(76)65-61-57-53-49-45-41-18-16-14-12-10-8-6-4-2/h10,12,16,18,20,22,26,28,59,63,68-69,73-74H,3-9,11,13-15,17,19,21,23-25,27,29-58,60-62,64-67H2,1-2H3,(H,72,75)/b12-10-,18-16-,22-20-,28-26-,63-59+. The van der Waals surface area contributed by atoms with Crippen LogP contribution in [-0.4, -0.2) is 47.4 Å². The summed E-state index contributed by atoms with van der Waals surface area (Å²) in [5, 5.41) is 23.2. The van der Waals surface area contributed by atoms with Crippen LogP contribution in [0.4, 0.5) is 0 Å². The molecular formula is C71H131NO5. The summed E-state index contributed by atoms with van der Waals surface area (Å²) >= 11 is 0. The second-order valence-electron chi connectivity index (χ2n) is 23.1. The second-order valence-corrected chi connectivity index (χ2v) is 23.1. The van der Waals surface area contributed by atoms with Gasteiger partial charge in [0.15, 0.2) is 0 Å². The Morgan fingerprint density at radius 2 is 0.662 bits per heavy atom. The molecule has 0 aliphatic heterocycles. The van der Waals surface area contributed by atoms with E-state index in [1.807, 2.05) is 6.08 Å². The molecule has 0 fully saturated rings. The molecule has 0 aliphatic carbocycles. The number of carbonyl (C=O) groups is 2. The number of aliphatic hydroxyl groups is 2. The minimum Gasteiger partial charge on any atom is -0.466 e. The molecule has 450 valence electrons. The minimum absolute atomic E-state index is 0.00332. The average Bonchev–Trinajstić information content (AvgIpc) is 3.43. The van der Waals surface area contributed by atoms with Gasteiger partial charge < -0.3 is 20.3 Å². The number of esters is 1. The molecule has 6 heteroatoms. The first-order valence-electron chi connectivity index (χ1n) is 34.1. The van der Waals surface area contributed by atoms with Gasteiger partial charge in [-0.1, -0.05) is 312 Å². The zero-order chi connectivity index (χ0) is 55.7. The molecule has 1 amide bonds. The SMILES string of the molecule is CCCC/C=C\C/C=C\CCCCCCCC(=O)OCCCCCCCCCCC/C=C\C/C=C\CCCCCCCCCCCCCCCC(=O)NC(CO)C(O)/C=C/CCCCCCCCCCCCCCCCC. The number of nitrogens with one attached hydrogen (secondary N) is 1. The minimum atomic E-state index is -0.846. The topological polar surface area (TPSA) is 95.9 Å². The van der Waals surface area contributed by atoms with Crippen LogP contribution in [0, 0.1) is 0 Å². The number of carbonyl (C=O) groups excluding carboxylic acids is 2. The van der Waals surface area contributed by atoms with E-state index >= 15 is 0 Å². The summed E-state index contributed by atoms with van der Waals surface area (Å²) in [5.74, 6) is -0.0708. The molecule has 0 rings (SSSR count). The van der Waals surface area contributed by atoms with E-state index in [0.717, 1.165) is 57.8 Å². The van der Waals surface area contributed by atoms with Crippen LogP contribution in [0.25, 0.3) is 0 Å². The third-order valence-electron chi connectivity index (χ3n) is 15.5. The molecule has 0 aliphatic rings. The normalized spacial score (nSPS) is 12.9. The van der Waals surface area contributed by atoms with Crippen molar-refractivity contribution in [3.63, 3.8) is 0 Å². The van der Waals surface area contributed by atoms with Gasteiger partial charge in [-0.3, -0.25) is 9.59 Å². The van der Waals surface area contributed by atoms with E-state index in [2.05, 4.69) is 67.8 Å². The highest BCUT2D eigenvalue weighted by Gasteiger charge is 2.18. The molecule has 0 saturated carbocycles. The zero-order valence-electron chi connectivity index (χ0n) is 51.4. The molecule has 2 unspecified atom stereocenters. The number of hydrogen-bond acceptors (Lipinski definition) is 5. The lowest BCUT2D eigenvalue weighted by atomic mass is 10.0. The van der Waals surface area contributed by atoms with Crippen molar-refractivity contribution in [3.05, 3.63) is 60.8 Å². The van der Waals surface area contributed by atoms with Crippen LogP contribution in [0.15, 0.2) is 60.8 Å². The largest absolute Gasteiger partial charge is 0.466 e. The summed E-state index contributed by atoms with van der Waals surface area (Å²) in [4.78, 5) is 24.5. The van der Waals surface area contributed by atoms with Crippen molar-refractivity contribution in [1.29, 1.82) is 0 Å². The predicted molar refractivity (Wildman–Crippen MR) is 338 cm³/mol. The highest BCUT2D eigenvalue weighted by molar-refractivity contribution is 5.76. The van der Waals surface area contributed by atoms with Gasteiger partial charge in [0.25, 0.3) is 0 Å². The fourth-order valence-corrected chi connectivity index (χ4v) is 10.3. The molecule has 0 saturated heterocycles. The lowest BCUT2D eigenvalue weighted by Gasteiger charge is -2.20.